The van der Waals surface area contributed by atoms with E-state index < -0.39 is 10.8 Å². The Morgan fingerprint density at radius 2 is 2.00 bits per heavy atom. The van der Waals surface area contributed by atoms with Crippen LogP contribution in [0.15, 0.2) is 48.5 Å². The highest BCUT2D eigenvalue weighted by Gasteiger charge is 2.13. The number of rotatable bonds is 5. The zero-order valence-corrected chi connectivity index (χ0v) is 11.0. The number of para-hydroxylation sites is 2. The monoisotopic (exact) mass is 287 g/mol. The van der Waals surface area contributed by atoms with Crippen LogP contribution >= 0.6 is 0 Å². The number of nitrogens with zero attached hydrogens (tertiary/aromatic N) is 1. The van der Waals surface area contributed by atoms with Crippen molar-refractivity contribution in [2.24, 2.45) is 5.84 Å². The highest BCUT2D eigenvalue weighted by atomic mass is 16.6. The molecule has 0 aliphatic rings. The largest absolute Gasteiger partial charge is 0.482 e. The van der Waals surface area contributed by atoms with E-state index in [2.05, 4.69) is 0 Å². The van der Waals surface area contributed by atoms with Gasteiger partial charge in [-0.1, -0.05) is 24.3 Å². The zero-order valence-electron chi connectivity index (χ0n) is 11.0. The summed E-state index contributed by atoms with van der Waals surface area (Å²) in [5.74, 6) is 4.83. The Labute approximate surface area is 120 Å². The fraction of sp³-hybridized carbons (Fsp3) is 0.0714. The molecular weight excluding hydrogens is 274 g/mol. The lowest BCUT2D eigenvalue weighted by atomic mass is 10.1. The number of hydrazine groups is 1. The molecule has 0 spiro atoms. The summed E-state index contributed by atoms with van der Waals surface area (Å²) in [4.78, 5) is 21.8. The average molecular weight is 287 g/mol. The molecule has 0 heterocycles. The smallest absolute Gasteiger partial charge is 0.310 e. The number of nitrogens with one attached hydrogen (secondary N) is 1. The maximum atomic E-state index is 11.4. The van der Waals surface area contributed by atoms with Gasteiger partial charge in [0.15, 0.2) is 5.75 Å². The van der Waals surface area contributed by atoms with Crippen LogP contribution in [0.4, 0.5) is 5.69 Å². The molecule has 2 rings (SSSR count). The summed E-state index contributed by atoms with van der Waals surface area (Å²) in [6.07, 6.45) is 0. The molecule has 0 unspecified atom stereocenters. The van der Waals surface area contributed by atoms with Crippen LogP contribution in [-0.2, 0) is 6.61 Å². The molecule has 7 nitrogen and oxygen atoms in total. The van der Waals surface area contributed by atoms with Crippen LogP contribution in [0.1, 0.15) is 15.9 Å². The fourth-order valence-corrected chi connectivity index (χ4v) is 1.78. The van der Waals surface area contributed by atoms with Crippen LogP contribution in [0.25, 0.3) is 0 Å². The van der Waals surface area contributed by atoms with E-state index in [-0.39, 0.29) is 18.0 Å². The molecule has 108 valence electrons. The SMILES string of the molecule is NNC(=O)c1cccc(COc2ccccc2[N+](=O)[O-])c1. The van der Waals surface area contributed by atoms with Gasteiger partial charge in [0.2, 0.25) is 0 Å². The summed E-state index contributed by atoms with van der Waals surface area (Å²) in [6.45, 7) is 0.108. The van der Waals surface area contributed by atoms with Gasteiger partial charge >= 0.3 is 5.69 Å². The number of carbonyl (C=O) groups excluding carboxylic acids is 1. The van der Waals surface area contributed by atoms with Gasteiger partial charge in [-0.15, -0.1) is 0 Å². The summed E-state index contributed by atoms with van der Waals surface area (Å²) in [5.41, 5.74) is 3.03. The number of ether oxygens (including phenoxy) is 1. The van der Waals surface area contributed by atoms with Crippen molar-refractivity contribution in [2.75, 3.05) is 0 Å². The number of carbonyl (C=O) groups is 1. The average Bonchev–Trinajstić information content (AvgIpc) is 2.52. The number of hydrogen-bond acceptors (Lipinski definition) is 5. The molecule has 0 radical (unpaired) electrons. The van der Waals surface area contributed by atoms with Gasteiger partial charge in [-0.2, -0.15) is 0 Å². The number of nitro groups is 1. The molecule has 3 N–H and O–H groups in total. The standard InChI is InChI=1S/C14H13N3O4/c15-16-14(18)11-5-3-4-10(8-11)9-21-13-7-2-1-6-12(13)17(19)20/h1-8H,9,15H2,(H,16,18). The number of benzene rings is 2. The Hall–Kier alpha value is -2.93. The summed E-state index contributed by atoms with van der Waals surface area (Å²) in [5, 5.41) is 10.9. The molecule has 1 amide bonds. The minimum Gasteiger partial charge on any atom is -0.482 e. The van der Waals surface area contributed by atoms with E-state index in [9.17, 15) is 14.9 Å². The third-order valence-corrected chi connectivity index (χ3v) is 2.78. The molecule has 7 heteroatoms. The van der Waals surface area contributed by atoms with Gasteiger partial charge in [0.05, 0.1) is 4.92 Å². The predicted octanol–water partition coefficient (Wildman–Crippen LogP) is 1.78. The van der Waals surface area contributed by atoms with Gasteiger partial charge in [0.1, 0.15) is 6.61 Å². The van der Waals surface area contributed by atoms with Gasteiger partial charge in [-0.3, -0.25) is 20.3 Å². The Balaban J connectivity index is 2.14. The van der Waals surface area contributed by atoms with Gasteiger partial charge in [0.25, 0.3) is 5.91 Å². The molecule has 0 saturated carbocycles. The van der Waals surface area contributed by atoms with Crippen LogP contribution in [0.3, 0.4) is 0 Å². The second kappa shape index (κ2) is 6.49. The van der Waals surface area contributed by atoms with E-state index in [0.717, 1.165) is 0 Å². The van der Waals surface area contributed by atoms with Crippen molar-refractivity contribution in [1.29, 1.82) is 0 Å². The molecule has 0 aromatic heterocycles. The van der Waals surface area contributed by atoms with Crippen LogP contribution in [-0.4, -0.2) is 10.8 Å². The van der Waals surface area contributed by atoms with E-state index in [4.69, 9.17) is 10.6 Å². The van der Waals surface area contributed by atoms with Crippen LogP contribution < -0.4 is 16.0 Å². The topological polar surface area (TPSA) is 107 Å². The number of nitrogen functional groups attached to an aromatic ring is 1. The molecular formula is C14H13N3O4. The molecule has 2 aromatic rings. The highest BCUT2D eigenvalue weighted by molar-refractivity contribution is 5.93. The molecule has 0 aliphatic carbocycles. The Morgan fingerprint density at radius 3 is 2.71 bits per heavy atom. The first-order valence-corrected chi connectivity index (χ1v) is 6.08. The van der Waals surface area contributed by atoms with Crippen molar-refractivity contribution < 1.29 is 14.5 Å². The Morgan fingerprint density at radius 1 is 1.24 bits per heavy atom. The van der Waals surface area contributed by atoms with Gasteiger partial charge in [-0.05, 0) is 23.8 Å². The van der Waals surface area contributed by atoms with E-state index in [1.165, 1.54) is 12.1 Å². The first-order chi connectivity index (χ1) is 10.1. The molecule has 0 bridgehead atoms. The Bertz CT molecular complexity index is 673. The van der Waals surface area contributed by atoms with Crippen LogP contribution in [0.5, 0.6) is 5.75 Å². The lowest BCUT2D eigenvalue weighted by molar-refractivity contribution is -0.385. The maximum Gasteiger partial charge on any atom is 0.310 e. The fourth-order valence-electron chi connectivity index (χ4n) is 1.78. The first-order valence-electron chi connectivity index (χ1n) is 6.08. The molecule has 21 heavy (non-hydrogen) atoms. The second-order valence-corrected chi connectivity index (χ2v) is 4.19. The van der Waals surface area contributed by atoms with Crippen molar-refractivity contribution in [1.82, 2.24) is 5.43 Å². The number of amides is 1. The molecule has 0 aliphatic heterocycles. The summed E-state index contributed by atoms with van der Waals surface area (Å²) >= 11 is 0. The van der Waals surface area contributed by atoms with Crippen molar-refractivity contribution in [3.63, 3.8) is 0 Å². The van der Waals surface area contributed by atoms with E-state index in [1.807, 2.05) is 5.43 Å². The summed E-state index contributed by atoms with van der Waals surface area (Å²) < 4.78 is 5.45. The lowest BCUT2D eigenvalue weighted by Crippen LogP contribution is -2.30. The predicted molar refractivity (Wildman–Crippen MR) is 75.5 cm³/mol. The van der Waals surface area contributed by atoms with E-state index in [1.54, 1.807) is 36.4 Å². The highest BCUT2D eigenvalue weighted by Crippen LogP contribution is 2.26. The number of nitro benzene ring substituents is 1. The molecule has 2 aromatic carbocycles. The van der Waals surface area contributed by atoms with Crippen LogP contribution in [0.2, 0.25) is 0 Å². The van der Waals surface area contributed by atoms with Gasteiger partial charge in [0, 0.05) is 11.6 Å². The van der Waals surface area contributed by atoms with Gasteiger partial charge < -0.3 is 4.74 Å². The van der Waals surface area contributed by atoms with E-state index >= 15 is 0 Å². The second-order valence-electron chi connectivity index (χ2n) is 4.19. The molecule has 0 saturated heterocycles. The maximum absolute atomic E-state index is 11.4. The van der Waals surface area contributed by atoms with Crippen molar-refractivity contribution in [3.8, 4) is 5.75 Å². The lowest BCUT2D eigenvalue weighted by Gasteiger charge is -2.07. The quantitative estimate of drug-likeness (QED) is 0.377. The van der Waals surface area contributed by atoms with Gasteiger partial charge in [-0.25, -0.2) is 5.84 Å². The number of nitrogens with two attached hydrogens (primary N) is 1. The van der Waals surface area contributed by atoms with E-state index in [0.29, 0.717) is 11.1 Å². The third kappa shape index (κ3) is 3.54. The third-order valence-electron chi connectivity index (χ3n) is 2.78. The minimum absolute atomic E-state index is 0.103. The molecule has 0 atom stereocenters. The van der Waals surface area contributed by atoms with Crippen molar-refractivity contribution in [2.45, 2.75) is 6.61 Å². The number of hydrogen-bond donors (Lipinski definition) is 2. The van der Waals surface area contributed by atoms with Crippen molar-refractivity contribution in [3.05, 3.63) is 69.8 Å². The summed E-state index contributed by atoms with van der Waals surface area (Å²) in [6, 6.07) is 12.8. The minimum atomic E-state index is -0.506. The molecule has 0 fully saturated rings. The normalized spacial score (nSPS) is 9.95. The zero-order chi connectivity index (χ0) is 15.2. The van der Waals surface area contributed by atoms with Crippen molar-refractivity contribution >= 4 is 11.6 Å². The Kier molecular flexibility index (Phi) is 4.47. The first kappa shape index (κ1) is 14.5. The van der Waals surface area contributed by atoms with Crippen LogP contribution in [0, 0.1) is 10.1 Å². The summed E-state index contributed by atoms with van der Waals surface area (Å²) in [7, 11) is 0.